The molecular formula is C13H18FNO3S. The third-order valence-electron chi connectivity index (χ3n) is 4.07. The molecule has 19 heavy (non-hydrogen) atoms. The number of hydrogen-bond acceptors (Lipinski definition) is 4. The second-order valence-electron chi connectivity index (χ2n) is 5.00. The summed E-state index contributed by atoms with van der Waals surface area (Å²) in [5.74, 6) is -0.716. The molecule has 3 unspecified atom stereocenters. The van der Waals surface area contributed by atoms with E-state index in [2.05, 4.69) is 0 Å². The molecule has 1 aromatic carbocycles. The van der Waals surface area contributed by atoms with E-state index in [1.165, 1.54) is 12.1 Å². The monoisotopic (exact) mass is 287 g/mol. The number of hydrogen-bond donors (Lipinski definition) is 2. The van der Waals surface area contributed by atoms with E-state index in [0.29, 0.717) is 5.56 Å². The van der Waals surface area contributed by atoms with Crippen molar-refractivity contribution in [2.45, 2.75) is 18.1 Å². The van der Waals surface area contributed by atoms with Crippen molar-refractivity contribution in [3.05, 3.63) is 35.6 Å². The molecule has 0 radical (unpaired) electrons. The van der Waals surface area contributed by atoms with Crippen LogP contribution >= 0.6 is 0 Å². The highest BCUT2D eigenvalue weighted by molar-refractivity contribution is 7.92. The van der Waals surface area contributed by atoms with Crippen molar-refractivity contribution in [1.29, 1.82) is 0 Å². The van der Waals surface area contributed by atoms with Crippen LogP contribution in [0.3, 0.4) is 0 Å². The Balaban J connectivity index is 2.42. The Morgan fingerprint density at radius 3 is 2.37 bits per heavy atom. The van der Waals surface area contributed by atoms with Crippen molar-refractivity contribution in [3.63, 3.8) is 0 Å². The fraction of sp³-hybridized carbons (Fsp3) is 0.538. The molecule has 0 aromatic heterocycles. The van der Waals surface area contributed by atoms with Crippen molar-refractivity contribution in [3.8, 4) is 0 Å². The molecule has 1 aliphatic carbocycles. The van der Waals surface area contributed by atoms with Gasteiger partial charge in [-0.1, -0.05) is 19.1 Å². The average molecular weight is 287 g/mol. The highest BCUT2D eigenvalue weighted by Gasteiger charge is 2.69. The summed E-state index contributed by atoms with van der Waals surface area (Å²) in [4.78, 5) is 0. The predicted octanol–water partition coefficient (Wildman–Crippen LogP) is 0.664. The van der Waals surface area contributed by atoms with Crippen molar-refractivity contribution in [2.24, 2.45) is 11.1 Å². The molecule has 2 rings (SSSR count). The zero-order chi connectivity index (χ0) is 14.3. The van der Waals surface area contributed by atoms with Crippen LogP contribution in [-0.4, -0.2) is 37.7 Å². The Kier molecular flexibility index (Phi) is 3.68. The number of nitrogens with two attached hydrogens (primary N) is 1. The Morgan fingerprint density at radius 1 is 1.37 bits per heavy atom. The first-order valence-electron chi connectivity index (χ1n) is 6.21. The van der Waals surface area contributed by atoms with Crippen LogP contribution in [0.5, 0.6) is 0 Å². The summed E-state index contributed by atoms with van der Waals surface area (Å²) in [6.07, 6.45) is 0. The predicted molar refractivity (Wildman–Crippen MR) is 71.0 cm³/mol. The SMILES string of the molecule is CCS(=O)(=O)C1C(c2ccc(F)cc2)C1(CN)CO. The summed E-state index contributed by atoms with van der Waals surface area (Å²) in [5, 5.41) is 8.88. The number of halogens is 1. The van der Waals surface area contributed by atoms with Crippen molar-refractivity contribution in [2.75, 3.05) is 18.9 Å². The van der Waals surface area contributed by atoms with Crippen LogP contribution in [0.1, 0.15) is 18.4 Å². The number of aliphatic hydroxyl groups excluding tert-OH is 1. The van der Waals surface area contributed by atoms with Crippen LogP contribution in [-0.2, 0) is 9.84 Å². The first-order chi connectivity index (χ1) is 8.93. The number of aliphatic hydroxyl groups is 1. The van der Waals surface area contributed by atoms with Gasteiger partial charge in [-0.2, -0.15) is 0 Å². The second-order valence-corrected chi connectivity index (χ2v) is 7.41. The van der Waals surface area contributed by atoms with E-state index in [0.717, 1.165) is 0 Å². The van der Waals surface area contributed by atoms with Crippen LogP contribution in [0, 0.1) is 11.2 Å². The summed E-state index contributed by atoms with van der Waals surface area (Å²) >= 11 is 0. The molecule has 1 aliphatic rings. The van der Waals surface area contributed by atoms with Crippen molar-refractivity contribution in [1.82, 2.24) is 0 Å². The van der Waals surface area contributed by atoms with Crippen LogP contribution < -0.4 is 5.73 Å². The van der Waals surface area contributed by atoms with Gasteiger partial charge in [0.15, 0.2) is 9.84 Å². The third-order valence-corrected chi connectivity index (χ3v) is 6.39. The molecule has 0 amide bonds. The second kappa shape index (κ2) is 4.85. The maximum atomic E-state index is 12.9. The fourth-order valence-electron chi connectivity index (χ4n) is 2.87. The molecule has 1 fully saturated rings. The number of rotatable bonds is 5. The number of sulfone groups is 1. The molecule has 0 bridgehead atoms. The molecule has 0 aliphatic heterocycles. The van der Waals surface area contributed by atoms with E-state index >= 15 is 0 Å². The average Bonchev–Trinajstić information content (AvgIpc) is 3.10. The minimum Gasteiger partial charge on any atom is -0.396 e. The van der Waals surface area contributed by atoms with Gasteiger partial charge in [0.05, 0.1) is 11.9 Å². The smallest absolute Gasteiger partial charge is 0.154 e. The maximum Gasteiger partial charge on any atom is 0.154 e. The van der Waals surface area contributed by atoms with E-state index in [1.807, 2.05) is 0 Å². The Morgan fingerprint density at radius 2 is 1.95 bits per heavy atom. The summed E-state index contributed by atoms with van der Waals surface area (Å²) in [6.45, 7) is 1.39. The van der Waals surface area contributed by atoms with Crippen LogP contribution in [0.2, 0.25) is 0 Å². The maximum absolute atomic E-state index is 12.9. The van der Waals surface area contributed by atoms with Gasteiger partial charge in [0.2, 0.25) is 0 Å². The van der Waals surface area contributed by atoms with Crippen molar-refractivity contribution >= 4 is 9.84 Å². The lowest BCUT2D eigenvalue weighted by atomic mass is 10.0. The van der Waals surface area contributed by atoms with E-state index < -0.39 is 20.5 Å². The number of benzene rings is 1. The van der Waals surface area contributed by atoms with Gasteiger partial charge in [-0.3, -0.25) is 0 Å². The molecule has 1 saturated carbocycles. The van der Waals surface area contributed by atoms with Gasteiger partial charge >= 0.3 is 0 Å². The highest BCUT2D eigenvalue weighted by Crippen LogP contribution is 2.62. The lowest BCUT2D eigenvalue weighted by Crippen LogP contribution is -2.28. The lowest BCUT2D eigenvalue weighted by molar-refractivity contribution is 0.212. The molecule has 0 spiro atoms. The van der Waals surface area contributed by atoms with Gasteiger partial charge in [0.25, 0.3) is 0 Å². The van der Waals surface area contributed by atoms with E-state index in [9.17, 15) is 17.9 Å². The molecule has 106 valence electrons. The van der Waals surface area contributed by atoms with Gasteiger partial charge in [0.1, 0.15) is 5.82 Å². The molecule has 4 nitrogen and oxygen atoms in total. The minimum absolute atomic E-state index is 0.0110. The van der Waals surface area contributed by atoms with Crippen LogP contribution in [0.25, 0.3) is 0 Å². The standard InChI is InChI=1S/C13H18FNO3S/c1-2-19(17,18)12-11(13(12,7-15)8-16)9-3-5-10(14)6-4-9/h3-6,11-12,16H,2,7-8,15H2,1H3. The summed E-state index contributed by atoms with van der Waals surface area (Å²) in [6, 6.07) is 5.71. The molecular weight excluding hydrogens is 269 g/mol. The van der Waals surface area contributed by atoms with E-state index in [1.54, 1.807) is 19.1 Å². The molecule has 3 N–H and O–H groups in total. The zero-order valence-electron chi connectivity index (χ0n) is 10.7. The zero-order valence-corrected chi connectivity index (χ0v) is 11.5. The van der Waals surface area contributed by atoms with Crippen molar-refractivity contribution < 1.29 is 17.9 Å². The fourth-order valence-corrected chi connectivity index (χ4v) is 5.03. The molecule has 6 heteroatoms. The topological polar surface area (TPSA) is 80.4 Å². The highest BCUT2D eigenvalue weighted by atomic mass is 32.2. The largest absolute Gasteiger partial charge is 0.396 e. The summed E-state index contributed by atoms with van der Waals surface area (Å²) in [5.41, 5.74) is 5.56. The van der Waals surface area contributed by atoms with Gasteiger partial charge in [0, 0.05) is 23.6 Å². The normalized spacial score (nSPS) is 30.3. The third kappa shape index (κ3) is 2.17. The van der Waals surface area contributed by atoms with Gasteiger partial charge in [-0.15, -0.1) is 0 Å². The lowest BCUT2D eigenvalue weighted by Gasteiger charge is -2.11. The Bertz CT molecular complexity index is 552. The van der Waals surface area contributed by atoms with E-state index in [4.69, 9.17) is 5.73 Å². The van der Waals surface area contributed by atoms with Crippen LogP contribution in [0.4, 0.5) is 4.39 Å². The molecule has 3 atom stereocenters. The summed E-state index contributed by atoms with van der Waals surface area (Å²) in [7, 11) is -3.30. The summed E-state index contributed by atoms with van der Waals surface area (Å²) < 4.78 is 37.1. The Hall–Kier alpha value is -0.980. The molecule has 0 saturated heterocycles. The van der Waals surface area contributed by atoms with Gasteiger partial charge in [-0.05, 0) is 17.7 Å². The quantitative estimate of drug-likeness (QED) is 0.834. The first kappa shape index (κ1) is 14.4. The first-order valence-corrected chi connectivity index (χ1v) is 7.92. The minimum atomic E-state index is -3.30. The van der Waals surface area contributed by atoms with Crippen LogP contribution in [0.15, 0.2) is 24.3 Å². The van der Waals surface area contributed by atoms with Gasteiger partial charge in [-0.25, -0.2) is 12.8 Å². The Labute approximate surface area is 112 Å². The molecule has 0 heterocycles. The van der Waals surface area contributed by atoms with E-state index in [-0.39, 0.29) is 30.6 Å². The molecule has 1 aromatic rings. The van der Waals surface area contributed by atoms with Gasteiger partial charge < -0.3 is 10.8 Å².